The summed E-state index contributed by atoms with van der Waals surface area (Å²) in [6, 6.07) is 7.68. The van der Waals surface area contributed by atoms with Crippen molar-refractivity contribution in [1.82, 2.24) is 24.6 Å². The highest BCUT2D eigenvalue weighted by Crippen LogP contribution is 2.29. The summed E-state index contributed by atoms with van der Waals surface area (Å²) in [6.07, 6.45) is 9.44. The van der Waals surface area contributed by atoms with Crippen LogP contribution in [-0.4, -0.2) is 56.7 Å². The van der Waals surface area contributed by atoms with Crippen molar-refractivity contribution in [2.75, 3.05) is 31.1 Å². The molecule has 0 N–H and O–H groups in total. The first-order chi connectivity index (χ1) is 17.0. The zero-order valence-electron chi connectivity index (χ0n) is 20.8. The molecule has 3 aromatic rings. The molecule has 2 aliphatic rings. The zero-order chi connectivity index (χ0) is 24.4. The number of hydrogen-bond acceptors (Lipinski definition) is 5. The Morgan fingerprint density at radius 3 is 2.57 bits per heavy atom. The molecule has 1 aliphatic heterocycles. The molecule has 1 aliphatic carbocycles. The molecule has 8 heteroatoms. The number of aromatic nitrogens is 4. The second kappa shape index (κ2) is 10.5. The summed E-state index contributed by atoms with van der Waals surface area (Å²) >= 11 is 6.26. The third kappa shape index (κ3) is 5.30. The number of carbonyl (C=O) groups is 1. The summed E-state index contributed by atoms with van der Waals surface area (Å²) < 4.78 is 1.86. The van der Waals surface area contributed by atoms with Gasteiger partial charge in [0.1, 0.15) is 11.6 Å². The zero-order valence-corrected chi connectivity index (χ0v) is 21.5. The molecule has 1 amide bonds. The van der Waals surface area contributed by atoms with Crippen LogP contribution in [0.25, 0.3) is 16.7 Å². The molecular weight excluding hydrogens is 460 g/mol. The second-order valence-electron chi connectivity index (χ2n) is 10.3. The van der Waals surface area contributed by atoms with Gasteiger partial charge in [-0.3, -0.25) is 4.79 Å². The van der Waals surface area contributed by atoms with E-state index < -0.39 is 0 Å². The Morgan fingerprint density at radius 2 is 1.86 bits per heavy atom. The Morgan fingerprint density at radius 1 is 1.09 bits per heavy atom. The summed E-state index contributed by atoms with van der Waals surface area (Å²) in [5.74, 6) is 2.91. The van der Waals surface area contributed by atoms with Crippen molar-refractivity contribution in [2.24, 2.45) is 11.8 Å². The minimum atomic E-state index is 0.222. The van der Waals surface area contributed by atoms with Crippen molar-refractivity contribution in [1.29, 1.82) is 0 Å². The topological polar surface area (TPSA) is 67.2 Å². The molecule has 0 radical (unpaired) electrons. The van der Waals surface area contributed by atoms with Crippen LogP contribution in [0.3, 0.4) is 0 Å². The van der Waals surface area contributed by atoms with Gasteiger partial charge in [0.2, 0.25) is 5.91 Å². The van der Waals surface area contributed by atoms with Gasteiger partial charge in [0.15, 0.2) is 5.65 Å². The van der Waals surface area contributed by atoms with Gasteiger partial charge in [-0.25, -0.2) is 14.6 Å². The molecule has 2 fully saturated rings. The average Bonchev–Trinajstić information content (AvgIpc) is 3.31. The molecule has 0 unspecified atom stereocenters. The van der Waals surface area contributed by atoms with E-state index in [0.717, 1.165) is 80.2 Å². The standard InChI is InChI=1S/C27H35ClN6O/c1-19(2)11-12-24-30-25(23-18-29-34(26(23)31-24)22-10-6-9-21(28)17-22)32-13-15-33(16-14-32)27(35)20-7-4-3-5-8-20/h6,9-10,17-20H,3-5,7-8,11-16H2,1-2H3. The largest absolute Gasteiger partial charge is 0.352 e. The minimum absolute atomic E-state index is 0.222. The van der Waals surface area contributed by atoms with E-state index >= 15 is 0 Å². The Kier molecular flexibility index (Phi) is 7.23. The quantitative estimate of drug-likeness (QED) is 0.466. The van der Waals surface area contributed by atoms with Crippen molar-refractivity contribution in [3.05, 3.63) is 41.3 Å². The SMILES string of the molecule is CC(C)CCc1nc(N2CCN(C(=O)C3CCCCC3)CC2)c2cnn(-c3cccc(Cl)c3)c2n1. The van der Waals surface area contributed by atoms with Gasteiger partial charge in [-0.05, 0) is 43.4 Å². The van der Waals surface area contributed by atoms with Crippen molar-refractivity contribution in [3.8, 4) is 5.69 Å². The van der Waals surface area contributed by atoms with Gasteiger partial charge < -0.3 is 9.80 Å². The van der Waals surface area contributed by atoms with Crippen molar-refractivity contribution in [2.45, 2.75) is 58.8 Å². The molecule has 3 heterocycles. The number of rotatable bonds is 6. The second-order valence-corrected chi connectivity index (χ2v) is 10.8. The number of fused-ring (bicyclic) bond motifs is 1. The highest BCUT2D eigenvalue weighted by Gasteiger charge is 2.30. The molecule has 186 valence electrons. The maximum absolute atomic E-state index is 13.1. The molecule has 0 atom stereocenters. The maximum Gasteiger partial charge on any atom is 0.225 e. The number of hydrogen-bond donors (Lipinski definition) is 0. The molecule has 2 aromatic heterocycles. The van der Waals surface area contributed by atoms with E-state index in [1.807, 2.05) is 35.1 Å². The molecule has 5 rings (SSSR count). The van der Waals surface area contributed by atoms with Crippen LogP contribution in [0.15, 0.2) is 30.5 Å². The monoisotopic (exact) mass is 494 g/mol. The van der Waals surface area contributed by atoms with Crippen LogP contribution in [0.4, 0.5) is 5.82 Å². The van der Waals surface area contributed by atoms with Gasteiger partial charge in [0, 0.05) is 43.5 Å². The van der Waals surface area contributed by atoms with Crippen LogP contribution in [0, 0.1) is 11.8 Å². The van der Waals surface area contributed by atoms with Crippen LogP contribution >= 0.6 is 11.6 Å². The highest BCUT2D eigenvalue weighted by atomic mass is 35.5. The summed E-state index contributed by atoms with van der Waals surface area (Å²) in [6.45, 7) is 7.47. The van der Waals surface area contributed by atoms with Gasteiger partial charge >= 0.3 is 0 Å². The molecule has 1 aromatic carbocycles. The van der Waals surface area contributed by atoms with Crippen molar-refractivity contribution < 1.29 is 4.79 Å². The van der Waals surface area contributed by atoms with Crippen LogP contribution in [0.1, 0.15) is 58.2 Å². The van der Waals surface area contributed by atoms with Crippen LogP contribution in [0.2, 0.25) is 5.02 Å². The smallest absolute Gasteiger partial charge is 0.225 e. The van der Waals surface area contributed by atoms with Gasteiger partial charge in [-0.1, -0.05) is 50.8 Å². The Labute approximate surface area is 212 Å². The lowest BCUT2D eigenvalue weighted by molar-refractivity contribution is -0.136. The van der Waals surface area contributed by atoms with E-state index in [4.69, 9.17) is 21.6 Å². The fourth-order valence-electron chi connectivity index (χ4n) is 5.25. The van der Waals surface area contributed by atoms with E-state index in [-0.39, 0.29) is 5.92 Å². The normalized spacial score (nSPS) is 17.5. The van der Waals surface area contributed by atoms with Crippen molar-refractivity contribution in [3.63, 3.8) is 0 Å². The van der Waals surface area contributed by atoms with E-state index in [9.17, 15) is 4.79 Å². The fourth-order valence-corrected chi connectivity index (χ4v) is 5.44. The Balaban J connectivity index is 1.42. The number of halogens is 1. The minimum Gasteiger partial charge on any atom is -0.352 e. The van der Waals surface area contributed by atoms with E-state index in [0.29, 0.717) is 16.8 Å². The van der Waals surface area contributed by atoms with E-state index in [1.54, 1.807) is 0 Å². The van der Waals surface area contributed by atoms with Crippen molar-refractivity contribution >= 4 is 34.4 Å². The van der Waals surface area contributed by atoms with Gasteiger partial charge in [-0.2, -0.15) is 5.10 Å². The van der Waals surface area contributed by atoms with E-state index in [2.05, 4.69) is 28.7 Å². The van der Waals surface area contributed by atoms with Crippen LogP contribution < -0.4 is 4.90 Å². The number of amides is 1. The fraction of sp³-hybridized carbons (Fsp3) is 0.556. The first kappa shape index (κ1) is 24.0. The lowest BCUT2D eigenvalue weighted by Gasteiger charge is -2.37. The lowest BCUT2D eigenvalue weighted by atomic mass is 9.88. The first-order valence-electron chi connectivity index (χ1n) is 13.0. The molecule has 0 bridgehead atoms. The third-order valence-corrected chi connectivity index (χ3v) is 7.53. The average molecular weight is 495 g/mol. The van der Waals surface area contributed by atoms with Gasteiger partial charge in [0.05, 0.1) is 17.3 Å². The number of anilines is 1. The van der Waals surface area contributed by atoms with Crippen LogP contribution in [0.5, 0.6) is 0 Å². The number of piperazine rings is 1. The lowest BCUT2D eigenvalue weighted by Crippen LogP contribution is -2.51. The van der Waals surface area contributed by atoms with Crippen LogP contribution in [-0.2, 0) is 11.2 Å². The Hall–Kier alpha value is -2.67. The summed E-state index contributed by atoms with van der Waals surface area (Å²) in [7, 11) is 0. The number of nitrogens with zero attached hydrogens (tertiary/aromatic N) is 6. The molecular formula is C27H35ClN6O. The first-order valence-corrected chi connectivity index (χ1v) is 13.4. The Bertz CT molecular complexity index is 1180. The van der Waals surface area contributed by atoms with E-state index in [1.165, 1.54) is 19.3 Å². The predicted molar refractivity (Wildman–Crippen MR) is 140 cm³/mol. The molecule has 7 nitrogen and oxygen atoms in total. The predicted octanol–water partition coefficient (Wildman–Crippen LogP) is 5.29. The maximum atomic E-state index is 13.1. The molecule has 35 heavy (non-hydrogen) atoms. The third-order valence-electron chi connectivity index (χ3n) is 7.30. The number of carbonyl (C=O) groups excluding carboxylic acids is 1. The number of benzene rings is 1. The molecule has 1 saturated carbocycles. The number of aryl methyl sites for hydroxylation is 1. The molecule has 1 saturated heterocycles. The summed E-state index contributed by atoms with van der Waals surface area (Å²) in [5.41, 5.74) is 1.69. The molecule has 0 spiro atoms. The highest BCUT2D eigenvalue weighted by molar-refractivity contribution is 6.30. The van der Waals surface area contributed by atoms with Gasteiger partial charge in [0.25, 0.3) is 0 Å². The summed E-state index contributed by atoms with van der Waals surface area (Å²) in [4.78, 5) is 27.4. The summed E-state index contributed by atoms with van der Waals surface area (Å²) in [5, 5.41) is 6.27. The van der Waals surface area contributed by atoms with Gasteiger partial charge in [-0.15, -0.1) is 0 Å².